The van der Waals surface area contributed by atoms with Crippen molar-refractivity contribution in [2.75, 3.05) is 11.1 Å². The van der Waals surface area contributed by atoms with Crippen molar-refractivity contribution in [2.45, 2.75) is 38.7 Å². The molecule has 0 unspecified atom stereocenters. The number of carbonyl (C=O) groups excluding carboxylic acids is 1. The van der Waals surface area contributed by atoms with E-state index in [1.807, 2.05) is 49.4 Å². The lowest BCUT2D eigenvalue weighted by atomic mass is 10.1. The van der Waals surface area contributed by atoms with Gasteiger partial charge in [0.25, 0.3) is 5.91 Å². The Balaban J connectivity index is 2.04. The lowest BCUT2D eigenvalue weighted by Crippen LogP contribution is -2.30. The monoisotopic (exact) mass is 329 g/mol. The van der Waals surface area contributed by atoms with E-state index in [0.29, 0.717) is 5.75 Å². The van der Waals surface area contributed by atoms with Crippen LogP contribution < -0.4 is 10.1 Å². The van der Waals surface area contributed by atoms with Gasteiger partial charge in [0.15, 0.2) is 6.10 Å². The van der Waals surface area contributed by atoms with Crippen LogP contribution in [-0.2, 0) is 4.79 Å². The van der Waals surface area contributed by atoms with E-state index in [1.165, 1.54) is 5.56 Å². The first kappa shape index (κ1) is 17.4. The molecule has 1 amide bonds. The van der Waals surface area contributed by atoms with Gasteiger partial charge in [0.2, 0.25) is 0 Å². The molecular weight excluding hydrogens is 306 g/mol. The van der Waals surface area contributed by atoms with Gasteiger partial charge in [-0.15, -0.1) is 11.8 Å². The summed E-state index contributed by atoms with van der Waals surface area (Å²) in [4.78, 5) is 13.5. The quantitative estimate of drug-likeness (QED) is 0.772. The zero-order valence-corrected chi connectivity index (χ0v) is 14.9. The zero-order chi connectivity index (χ0) is 16.8. The minimum Gasteiger partial charge on any atom is -0.481 e. The topological polar surface area (TPSA) is 38.3 Å². The first-order valence-corrected chi connectivity index (χ1v) is 8.76. The van der Waals surface area contributed by atoms with Gasteiger partial charge in [0.05, 0.1) is 5.69 Å². The Kier molecular flexibility index (Phi) is 6.11. The van der Waals surface area contributed by atoms with Crippen LogP contribution in [0.4, 0.5) is 5.69 Å². The van der Waals surface area contributed by atoms with E-state index < -0.39 is 6.10 Å². The Morgan fingerprint density at radius 2 is 1.91 bits per heavy atom. The summed E-state index contributed by atoms with van der Waals surface area (Å²) < 4.78 is 5.77. The van der Waals surface area contributed by atoms with Crippen molar-refractivity contribution in [1.29, 1.82) is 0 Å². The number of hydrogen-bond donors (Lipinski definition) is 1. The number of anilines is 1. The smallest absolute Gasteiger partial charge is 0.265 e. The van der Waals surface area contributed by atoms with Gasteiger partial charge in [-0.2, -0.15) is 0 Å². The lowest BCUT2D eigenvalue weighted by Gasteiger charge is -2.17. The van der Waals surface area contributed by atoms with Gasteiger partial charge in [0.1, 0.15) is 5.75 Å². The molecule has 1 N–H and O–H groups in total. The number of amides is 1. The standard InChI is InChI=1S/C19H23NO2S/c1-5-23-18-9-7-6-8-17(18)20-19(21)15(4)22-16-11-10-13(2)14(3)12-16/h6-12,15H,5H2,1-4H3,(H,20,21)/t15-/m1/s1. The van der Waals surface area contributed by atoms with Crippen LogP contribution in [0.1, 0.15) is 25.0 Å². The van der Waals surface area contributed by atoms with Crippen LogP contribution in [0.2, 0.25) is 0 Å². The third-order valence-corrected chi connectivity index (χ3v) is 4.56. The van der Waals surface area contributed by atoms with Crippen molar-refractivity contribution in [2.24, 2.45) is 0 Å². The molecule has 0 aliphatic rings. The van der Waals surface area contributed by atoms with Crippen molar-refractivity contribution >= 4 is 23.4 Å². The van der Waals surface area contributed by atoms with E-state index in [1.54, 1.807) is 18.7 Å². The highest BCUT2D eigenvalue weighted by atomic mass is 32.2. The molecule has 0 saturated carbocycles. The Bertz CT molecular complexity index is 685. The van der Waals surface area contributed by atoms with Gasteiger partial charge in [-0.1, -0.05) is 25.1 Å². The van der Waals surface area contributed by atoms with E-state index >= 15 is 0 Å². The van der Waals surface area contributed by atoms with Crippen molar-refractivity contribution in [3.8, 4) is 5.75 Å². The molecule has 0 aliphatic heterocycles. The maximum absolute atomic E-state index is 12.4. The minimum absolute atomic E-state index is 0.146. The number of carbonyl (C=O) groups is 1. The summed E-state index contributed by atoms with van der Waals surface area (Å²) in [7, 11) is 0. The molecule has 2 aromatic carbocycles. The minimum atomic E-state index is -0.559. The highest BCUT2D eigenvalue weighted by Gasteiger charge is 2.16. The molecule has 0 bridgehead atoms. The number of para-hydroxylation sites is 1. The second-order valence-corrected chi connectivity index (χ2v) is 6.73. The van der Waals surface area contributed by atoms with Gasteiger partial charge in [-0.3, -0.25) is 4.79 Å². The lowest BCUT2D eigenvalue weighted by molar-refractivity contribution is -0.122. The Hall–Kier alpha value is -1.94. The van der Waals surface area contributed by atoms with Crippen LogP contribution in [0, 0.1) is 13.8 Å². The maximum atomic E-state index is 12.4. The van der Waals surface area contributed by atoms with Gasteiger partial charge in [-0.05, 0) is 61.9 Å². The summed E-state index contributed by atoms with van der Waals surface area (Å²) >= 11 is 1.71. The highest BCUT2D eigenvalue weighted by molar-refractivity contribution is 7.99. The zero-order valence-electron chi connectivity index (χ0n) is 14.1. The molecule has 0 aromatic heterocycles. The number of aryl methyl sites for hydroxylation is 2. The molecule has 122 valence electrons. The van der Waals surface area contributed by atoms with Gasteiger partial charge < -0.3 is 10.1 Å². The molecule has 0 heterocycles. The van der Waals surface area contributed by atoms with E-state index in [0.717, 1.165) is 21.9 Å². The molecule has 3 nitrogen and oxygen atoms in total. The number of rotatable bonds is 6. The second kappa shape index (κ2) is 8.06. The number of thioether (sulfide) groups is 1. The normalized spacial score (nSPS) is 11.8. The van der Waals surface area contributed by atoms with E-state index in [9.17, 15) is 4.79 Å². The fraction of sp³-hybridized carbons (Fsp3) is 0.316. The third-order valence-electron chi connectivity index (χ3n) is 3.61. The van der Waals surface area contributed by atoms with Crippen LogP contribution in [0.25, 0.3) is 0 Å². The Morgan fingerprint density at radius 3 is 2.61 bits per heavy atom. The summed E-state index contributed by atoms with van der Waals surface area (Å²) in [5.41, 5.74) is 3.19. The molecular formula is C19H23NO2S. The van der Waals surface area contributed by atoms with E-state index in [-0.39, 0.29) is 5.91 Å². The molecule has 4 heteroatoms. The van der Waals surface area contributed by atoms with Crippen molar-refractivity contribution in [3.63, 3.8) is 0 Å². The van der Waals surface area contributed by atoms with E-state index in [2.05, 4.69) is 19.2 Å². The summed E-state index contributed by atoms with van der Waals surface area (Å²) in [5, 5.41) is 2.96. The van der Waals surface area contributed by atoms with Crippen LogP contribution in [-0.4, -0.2) is 17.8 Å². The van der Waals surface area contributed by atoms with Crippen LogP contribution in [0.5, 0.6) is 5.75 Å². The fourth-order valence-electron chi connectivity index (χ4n) is 2.13. The predicted octanol–water partition coefficient (Wildman–Crippen LogP) is 4.82. The van der Waals surface area contributed by atoms with Crippen molar-refractivity contribution in [1.82, 2.24) is 0 Å². The molecule has 0 saturated heterocycles. The average molecular weight is 329 g/mol. The third kappa shape index (κ3) is 4.76. The molecule has 2 aromatic rings. The number of hydrogen-bond acceptors (Lipinski definition) is 3. The van der Waals surface area contributed by atoms with Gasteiger partial charge in [0, 0.05) is 4.90 Å². The molecule has 0 fully saturated rings. The van der Waals surface area contributed by atoms with Gasteiger partial charge in [-0.25, -0.2) is 0 Å². The van der Waals surface area contributed by atoms with Crippen LogP contribution in [0.15, 0.2) is 47.4 Å². The predicted molar refractivity (Wildman–Crippen MR) is 97.5 cm³/mol. The molecule has 0 aliphatic carbocycles. The van der Waals surface area contributed by atoms with E-state index in [4.69, 9.17) is 4.74 Å². The summed E-state index contributed by atoms with van der Waals surface area (Å²) in [6.45, 7) is 7.94. The maximum Gasteiger partial charge on any atom is 0.265 e. The first-order chi connectivity index (χ1) is 11.0. The SMILES string of the molecule is CCSc1ccccc1NC(=O)[C@@H](C)Oc1ccc(C)c(C)c1. The molecule has 0 spiro atoms. The molecule has 0 radical (unpaired) electrons. The number of ether oxygens (including phenoxy) is 1. The molecule has 23 heavy (non-hydrogen) atoms. The van der Waals surface area contributed by atoms with Crippen molar-refractivity contribution in [3.05, 3.63) is 53.6 Å². The average Bonchev–Trinajstić information content (AvgIpc) is 2.53. The first-order valence-electron chi connectivity index (χ1n) is 7.78. The summed E-state index contributed by atoms with van der Waals surface area (Å²) in [6.07, 6.45) is -0.559. The van der Waals surface area contributed by atoms with Crippen molar-refractivity contribution < 1.29 is 9.53 Å². The van der Waals surface area contributed by atoms with Crippen LogP contribution >= 0.6 is 11.8 Å². The highest BCUT2D eigenvalue weighted by Crippen LogP contribution is 2.27. The fourth-order valence-corrected chi connectivity index (χ4v) is 2.89. The second-order valence-electron chi connectivity index (χ2n) is 5.42. The number of nitrogens with one attached hydrogen (secondary N) is 1. The largest absolute Gasteiger partial charge is 0.481 e. The molecule has 1 atom stereocenters. The Labute approximate surface area is 142 Å². The van der Waals surface area contributed by atoms with Crippen LogP contribution in [0.3, 0.4) is 0 Å². The Morgan fingerprint density at radius 1 is 1.17 bits per heavy atom. The molecule has 2 rings (SSSR count). The summed E-state index contributed by atoms with van der Waals surface area (Å²) in [6, 6.07) is 13.7. The summed E-state index contributed by atoms with van der Waals surface area (Å²) in [5.74, 6) is 1.53. The number of benzene rings is 2. The van der Waals surface area contributed by atoms with Gasteiger partial charge >= 0.3 is 0 Å².